The first kappa shape index (κ1) is 10.1. The van der Waals surface area contributed by atoms with E-state index in [0.29, 0.717) is 18.1 Å². The van der Waals surface area contributed by atoms with Gasteiger partial charge in [-0.3, -0.25) is 0 Å². The smallest absolute Gasteiger partial charge is 0.228 e. The molecule has 1 aromatic heterocycles. The predicted molar refractivity (Wildman–Crippen MR) is 50.7 cm³/mol. The van der Waals surface area contributed by atoms with Crippen LogP contribution in [0.15, 0.2) is 4.52 Å². The van der Waals surface area contributed by atoms with Crippen LogP contribution in [-0.4, -0.2) is 16.7 Å². The molecular weight excluding hydrogens is 194 g/mol. The van der Waals surface area contributed by atoms with Gasteiger partial charge in [-0.1, -0.05) is 5.16 Å². The minimum Gasteiger partial charge on any atom is -0.370 e. The van der Waals surface area contributed by atoms with Crippen LogP contribution in [0.3, 0.4) is 0 Å². The monoisotopic (exact) mass is 207 g/mol. The molecule has 2 rings (SSSR count). The van der Waals surface area contributed by atoms with Crippen LogP contribution in [0, 0.1) is 17.2 Å². The van der Waals surface area contributed by atoms with E-state index < -0.39 is 0 Å². The van der Waals surface area contributed by atoms with E-state index in [0.717, 1.165) is 19.4 Å². The van der Waals surface area contributed by atoms with Crippen molar-refractivity contribution < 1.29 is 9.26 Å². The molecular formula is C10H13N3O2. The van der Waals surface area contributed by atoms with Crippen LogP contribution in [0.25, 0.3) is 0 Å². The standard InChI is InChI=1S/C10H13N3O2/c1-7(6-11)5-9-12-10(13-15-9)8-3-2-4-14-8/h7-8H,2-5H2,1H3. The Balaban J connectivity index is 2.00. The SMILES string of the molecule is CC(C#N)Cc1nc(C2CCCO2)no1. The Kier molecular flexibility index (Phi) is 2.97. The molecule has 80 valence electrons. The Morgan fingerprint density at radius 2 is 2.53 bits per heavy atom. The van der Waals surface area contributed by atoms with Crippen LogP contribution in [0.1, 0.15) is 37.6 Å². The third-order valence-corrected chi connectivity index (χ3v) is 2.40. The lowest BCUT2D eigenvalue weighted by atomic mass is 10.1. The van der Waals surface area contributed by atoms with Gasteiger partial charge in [0, 0.05) is 13.0 Å². The van der Waals surface area contributed by atoms with Gasteiger partial charge in [-0.15, -0.1) is 0 Å². The van der Waals surface area contributed by atoms with Crippen molar-refractivity contribution in [3.63, 3.8) is 0 Å². The Bertz CT molecular complexity index is 363. The second-order valence-corrected chi connectivity index (χ2v) is 3.78. The van der Waals surface area contributed by atoms with Crippen LogP contribution >= 0.6 is 0 Å². The summed E-state index contributed by atoms with van der Waals surface area (Å²) in [5, 5.41) is 12.5. The molecule has 2 unspecified atom stereocenters. The fourth-order valence-electron chi connectivity index (χ4n) is 1.57. The highest BCUT2D eigenvalue weighted by Crippen LogP contribution is 2.26. The molecule has 2 atom stereocenters. The maximum atomic E-state index is 8.65. The van der Waals surface area contributed by atoms with Crippen molar-refractivity contribution in [1.29, 1.82) is 5.26 Å². The first-order valence-corrected chi connectivity index (χ1v) is 5.13. The zero-order valence-electron chi connectivity index (χ0n) is 8.64. The van der Waals surface area contributed by atoms with E-state index in [4.69, 9.17) is 14.5 Å². The van der Waals surface area contributed by atoms with Crippen molar-refractivity contribution >= 4 is 0 Å². The minimum atomic E-state index is -0.0946. The maximum absolute atomic E-state index is 8.65. The van der Waals surface area contributed by atoms with Gasteiger partial charge in [0.2, 0.25) is 11.7 Å². The number of nitrogens with zero attached hydrogens (tertiary/aromatic N) is 3. The molecule has 1 aliphatic heterocycles. The second kappa shape index (κ2) is 4.41. The van der Waals surface area contributed by atoms with E-state index in [-0.39, 0.29) is 12.0 Å². The summed E-state index contributed by atoms with van der Waals surface area (Å²) < 4.78 is 10.5. The first-order valence-electron chi connectivity index (χ1n) is 5.13. The molecule has 1 aromatic rings. The van der Waals surface area contributed by atoms with E-state index in [1.165, 1.54) is 0 Å². The summed E-state index contributed by atoms with van der Waals surface area (Å²) in [7, 11) is 0. The molecule has 1 saturated heterocycles. The van der Waals surface area contributed by atoms with E-state index >= 15 is 0 Å². The van der Waals surface area contributed by atoms with Gasteiger partial charge in [0.15, 0.2) is 0 Å². The zero-order chi connectivity index (χ0) is 10.7. The highest BCUT2D eigenvalue weighted by molar-refractivity contribution is 4.95. The summed E-state index contributed by atoms with van der Waals surface area (Å²) in [6.07, 6.45) is 2.49. The summed E-state index contributed by atoms with van der Waals surface area (Å²) in [6.45, 7) is 2.60. The molecule has 0 radical (unpaired) electrons. The molecule has 5 nitrogen and oxygen atoms in total. The number of rotatable bonds is 3. The summed E-state index contributed by atoms with van der Waals surface area (Å²) in [5.41, 5.74) is 0. The second-order valence-electron chi connectivity index (χ2n) is 3.78. The Hall–Kier alpha value is -1.41. The van der Waals surface area contributed by atoms with Crippen LogP contribution in [0.4, 0.5) is 0 Å². The lowest BCUT2D eigenvalue weighted by Crippen LogP contribution is -2.00. The average Bonchev–Trinajstić information content (AvgIpc) is 2.85. The van der Waals surface area contributed by atoms with Crippen molar-refractivity contribution in [2.45, 2.75) is 32.3 Å². The van der Waals surface area contributed by atoms with Crippen molar-refractivity contribution in [3.05, 3.63) is 11.7 Å². The number of hydrogen-bond donors (Lipinski definition) is 0. The van der Waals surface area contributed by atoms with E-state index in [2.05, 4.69) is 16.2 Å². The lowest BCUT2D eigenvalue weighted by molar-refractivity contribution is 0.103. The third-order valence-electron chi connectivity index (χ3n) is 2.40. The summed E-state index contributed by atoms with van der Waals surface area (Å²) in [4.78, 5) is 4.23. The van der Waals surface area contributed by atoms with E-state index in [1.807, 2.05) is 6.92 Å². The topological polar surface area (TPSA) is 71.9 Å². The predicted octanol–water partition coefficient (Wildman–Crippen LogP) is 1.62. The van der Waals surface area contributed by atoms with Gasteiger partial charge in [-0.05, 0) is 19.8 Å². The van der Waals surface area contributed by atoms with E-state index in [9.17, 15) is 0 Å². The van der Waals surface area contributed by atoms with Gasteiger partial charge < -0.3 is 9.26 Å². The maximum Gasteiger partial charge on any atom is 0.228 e. The summed E-state index contributed by atoms with van der Waals surface area (Å²) >= 11 is 0. The number of hydrogen-bond acceptors (Lipinski definition) is 5. The fourth-order valence-corrected chi connectivity index (χ4v) is 1.57. The van der Waals surface area contributed by atoms with Gasteiger partial charge in [0.05, 0.1) is 12.0 Å². The molecule has 15 heavy (non-hydrogen) atoms. The highest BCUT2D eigenvalue weighted by atomic mass is 16.5. The van der Waals surface area contributed by atoms with Gasteiger partial charge in [-0.2, -0.15) is 10.2 Å². The molecule has 2 heterocycles. The molecule has 0 saturated carbocycles. The van der Waals surface area contributed by atoms with Crippen LogP contribution in [0.2, 0.25) is 0 Å². The van der Waals surface area contributed by atoms with Gasteiger partial charge in [0.25, 0.3) is 0 Å². The number of nitriles is 1. The average molecular weight is 207 g/mol. The van der Waals surface area contributed by atoms with Gasteiger partial charge >= 0.3 is 0 Å². The molecule has 0 aliphatic carbocycles. The van der Waals surface area contributed by atoms with E-state index in [1.54, 1.807) is 0 Å². The molecule has 0 bridgehead atoms. The summed E-state index contributed by atoms with van der Waals surface area (Å²) in [6, 6.07) is 2.13. The Morgan fingerprint density at radius 3 is 3.20 bits per heavy atom. The van der Waals surface area contributed by atoms with Gasteiger partial charge in [0.1, 0.15) is 6.10 Å². The minimum absolute atomic E-state index is 0.0140. The fraction of sp³-hybridized carbons (Fsp3) is 0.700. The van der Waals surface area contributed by atoms with Crippen LogP contribution in [-0.2, 0) is 11.2 Å². The van der Waals surface area contributed by atoms with Crippen molar-refractivity contribution in [2.24, 2.45) is 5.92 Å². The van der Waals surface area contributed by atoms with Crippen LogP contribution in [0.5, 0.6) is 0 Å². The third kappa shape index (κ3) is 2.34. The largest absolute Gasteiger partial charge is 0.370 e. The lowest BCUT2D eigenvalue weighted by Gasteiger charge is -2.00. The molecule has 5 heteroatoms. The molecule has 0 N–H and O–H groups in total. The molecule has 0 aromatic carbocycles. The Morgan fingerprint density at radius 1 is 1.67 bits per heavy atom. The zero-order valence-corrected chi connectivity index (χ0v) is 8.64. The molecule has 1 aliphatic rings. The molecule has 1 fully saturated rings. The number of aromatic nitrogens is 2. The Labute approximate surface area is 88.0 Å². The first-order chi connectivity index (χ1) is 7.29. The highest BCUT2D eigenvalue weighted by Gasteiger charge is 2.23. The quantitative estimate of drug-likeness (QED) is 0.753. The van der Waals surface area contributed by atoms with Gasteiger partial charge in [-0.25, -0.2) is 0 Å². The summed E-state index contributed by atoms with van der Waals surface area (Å²) in [5.74, 6) is 1.05. The normalized spacial score (nSPS) is 22.5. The van der Waals surface area contributed by atoms with Crippen molar-refractivity contribution in [1.82, 2.24) is 10.1 Å². The number of ether oxygens (including phenoxy) is 1. The molecule has 0 spiro atoms. The van der Waals surface area contributed by atoms with Crippen LogP contribution < -0.4 is 0 Å². The van der Waals surface area contributed by atoms with Crippen molar-refractivity contribution in [3.8, 4) is 6.07 Å². The molecule has 0 amide bonds. The van der Waals surface area contributed by atoms with Crippen molar-refractivity contribution in [2.75, 3.05) is 6.61 Å².